The Balaban J connectivity index is 2.17. The standard InChI is InChI=1S/C17H30ClN3/c1-3-10-19-12-14-8-6-5-7-9-15(14)17-16(18)13-20-21(17)11-4-2/h13-15,19H,3-12H2,1-2H3. The average Bonchev–Trinajstić information content (AvgIpc) is 2.70. The number of aromatic nitrogens is 2. The molecule has 1 aromatic rings. The fraction of sp³-hybridized carbons (Fsp3) is 0.824. The van der Waals surface area contributed by atoms with Crippen LogP contribution in [0.4, 0.5) is 0 Å². The summed E-state index contributed by atoms with van der Waals surface area (Å²) in [4.78, 5) is 0. The van der Waals surface area contributed by atoms with E-state index in [9.17, 15) is 0 Å². The van der Waals surface area contributed by atoms with Gasteiger partial charge in [-0.2, -0.15) is 5.10 Å². The summed E-state index contributed by atoms with van der Waals surface area (Å²) in [6.07, 6.45) is 10.8. The first kappa shape index (κ1) is 16.8. The monoisotopic (exact) mass is 311 g/mol. The minimum Gasteiger partial charge on any atom is -0.316 e. The van der Waals surface area contributed by atoms with Gasteiger partial charge in [0.05, 0.1) is 16.9 Å². The first-order valence-corrected chi connectivity index (χ1v) is 9.07. The molecule has 2 unspecified atom stereocenters. The fourth-order valence-corrected chi connectivity index (χ4v) is 3.86. The molecule has 1 aliphatic carbocycles. The molecule has 0 spiro atoms. The van der Waals surface area contributed by atoms with Gasteiger partial charge in [-0.3, -0.25) is 4.68 Å². The van der Waals surface area contributed by atoms with Crippen LogP contribution in [0.25, 0.3) is 0 Å². The van der Waals surface area contributed by atoms with Gasteiger partial charge < -0.3 is 5.32 Å². The van der Waals surface area contributed by atoms with Gasteiger partial charge in [0.2, 0.25) is 0 Å². The van der Waals surface area contributed by atoms with Crippen molar-refractivity contribution in [3.63, 3.8) is 0 Å². The minimum absolute atomic E-state index is 0.568. The summed E-state index contributed by atoms with van der Waals surface area (Å²) in [7, 11) is 0. The highest BCUT2D eigenvalue weighted by Gasteiger charge is 2.29. The average molecular weight is 312 g/mol. The lowest BCUT2D eigenvalue weighted by Crippen LogP contribution is -2.28. The molecule has 0 bridgehead atoms. The second-order valence-electron chi connectivity index (χ2n) is 6.31. The van der Waals surface area contributed by atoms with Crippen molar-refractivity contribution < 1.29 is 0 Å². The Kier molecular flexibility index (Phi) is 7.05. The van der Waals surface area contributed by atoms with E-state index in [0.29, 0.717) is 11.8 Å². The van der Waals surface area contributed by atoms with Crippen molar-refractivity contribution >= 4 is 11.6 Å². The van der Waals surface area contributed by atoms with Crippen molar-refractivity contribution in [3.8, 4) is 0 Å². The molecular weight excluding hydrogens is 282 g/mol. The van der Waals surface area contributed by atoms with Crippen LogP contribution in [0.15, 0.2) is 6.20 Å². The summed E-state index contributed by atoms with van der Waals surface area (Å²) >= 11 is 6.49. The van der Waals surface area contributed by atoms with Crippen LogP contribution >= 0.6 is 11.6 Å². The molecule has 1 N–H and O–H groups in total. The topological polar surface area (TPSA) is 29.9 Å². The Hall–Kier alpha value is -0.540. The zero-order valence-corrected chi connectivity index (χ0v) is 14.3. The van der Waals surface area contributed by atoms with E-state index in [1.807, 2.05) is 6.20 Å². The third-order valence-electron chi connectivity index (χ3n) is 4.61. The molecule has 21 heavy (non-hydrogen) atoms. The third kappa shape index (κ3) is 4.46. The van der Waals surface area contributed by atoms with Crippen molar-refractivity contribution in [1.82, 2.24) is 15.1 Å². The second-order valence-corrected chi connectivity index (χ2v) is 6.72. The van der Waals surface area contributed by atoms with Crippen LogP contribution < -0.4 is 5.32 Å². The predicted molar refractivity (Wildman–Crippen MR) is 90.0 cm³/mol. The van der Waals surface area contributed by atoms with Crippen LogP contribution in [0.3, 0.4) is 0 Å². The molecule has 1 saturated carbocycles. The van der Waals surface area contributed by atoms with Crippen molar-refractivity contribution in [2.75, 3.05) is 13.1 Å². The second kappa shape index (κ2) is 8.79. The maximum absolute atomic E-state index is 6.49. The van der Waals surface area contributed by atoms with Gasteiger partial charge in [-0.1, -0.05) is 44.7 Å². The summed E-state index contributed by atoms with van der Waals surface area (Å²) in [5.74, 6) is 1.27. The van der Waals surface area contributed by atoms with Crippen molar-refractivity contribution in [1.29, 1.82) is 0 Å². The Morgan fingerprint density at radius 2 is 2.05 bits per heavy atom. The van der Waals surface area contributed by atoms with Gasteiger partial charge in [-0.25, -0.2) is 0 Å². The molecule has 1 fully saturated rings. The molecule has 0 aliphatic heterocycles. The third-order valence-corrected chi connectivity index (χ3v) is 4.90. The minimum atomic E-state index is 0.568. The molecule has 1 heterocycles. The van der Waals surface area contributed by atoms with Gasteiger partial charge in [-0.05, 0) is 44.7 Å². The summed E-state index contributed by atoms with van der Waals surface area (Å²) < 4.78 is 2.16. The van der Waals surface area contributed by atoms with Gasteiger partial charge in [-0.15, -0.1) is 0 Å². The molecular formula is C17H30ClN3. The van der Waals surface area contributed by atoms with Gasteiger partial charge >= 0.3 is 0 Å². The smallest absolute Gasteiger partial charge is 0.0820 e. The first-order chi connectivity index (χ1) is 10.3. The van der Waals surface area contributed by atoms with Crippen molar-refractivity contribution in [3.05, 3.63) is 16.9 Å². The van der Waals surface area contributed by atoms with Gasteiger partial charge in [0, 0.05) is 12.5 Å². The van der Waals surface area contributed by atoms with E-state index in [1.54, 1.807) is 0 Å². The quantitative estimate of drug-likeness (QED) is 0.588. The highest BCUT2D eigenvalue weighted by Crippen LogP contribution is 2.39. The van der Waals surface area contributed by atoms with E-state index in [2.05, 4.69) is 28.9 Å². The molecule has 2 atom stereocenters. The lowest BCUT2D eigenvalue weighted by atomic mass is 9.85. The largest absolute Gasteiger partial charge is 0.316 e. The number of hydrogen-bond donors (Lipinski definition) is 1. The van der Waals surface area contributed by atoms with Crippen LogP contribution in [0.5, 0.6) is 0 Å². The van der Waals surface area contributed by atoms with Crippen LogP contribution in [-0.2, 0) is 6.54 Å². The predicted octanol–water partition coefficient (Wildman–Crippen LogP) is 4.61. The lowest BCUT2D eigenvalue weighted by molar-refractivity contribution is 0.356. The van der Waals surface area contributed by atoms with E-state index in [0.717, 1.165) is 31.1 Å². The van der Waals surface area contributed by atoms with Crippen molar-refractivity contribution in [2.45, 2.75) is 71.3 Å². The number of nitrogens with one attached hydrogen (secondary N) is 1. The fourth-order valence-electron chi connectivity index (χ4n) is 3.58. The molecule has 0 radical (unpaired) electrons. The molecule has 4 heteroatoms. The number of nitrogens with zero attached hydrogens (tertiary/aromatic N) is 2. The lowest BCUT2D eigenvalue weighted by Gasteiger charge is -2.27. The highest BCUT2D eigenvalue weighted by molar-refractivity contribution is 6.31. The molecule has 2 rings (SSSR count). The van der Waals surface area contributed by atoms with Crippen LogP contribution in [0.1, 0.15) is 70.4 Å². The van der Waals surface area contributed by atoms with Crippen LogP contribution in [-0.4, -0.2) is 22.9 Å². The molecule has 0 amide bonds. The maximum Gasteiger partial charge on any atom is 0.0820 e. The summed E-state index contributed by atoms with van der Waals surface area (Å²) in [6.45, 7) is 7.64. The van der Waals surface area contributed by atoms with E-state index < -0.39 is 0 Å². The molecule has 3 nitrogen and oxygen atoms in total. The summed E-state index contributed by atoms with van der Waals surface area (Å²) in [6, 6.07) is 0. The van der Waals surface area contributed by atoms with Crippen LogP contribution in [0.2, 0.25) is 5.02 Å². The number of rotatable bonds is 7. The summed E-state index contributed by atoms with van der Waals surface area (Å²) in [5, 5.41) is 9.00. The number of hydrogen-bond acceptors (Lipinski definition) is 2. The Morgan fingerprint density at radius 1 is 1.24 bits per heavy atom. The Bertz CT molecular complexity index is 416. The maximum atomic E-state index is 6.49. The van der Waals surface area contributed by atoms with E-state index in [4.69, 9.17) is 11.6 Å². The van der Waals surface area contributed by atoms with Gasteiger partial charge in [0.15, 0.2) is 0 Å². The molecule has 1 aromatic heterocycles. The van der Waals surface area contributed by atoms with Gasteiger partial charge in [0.25, 0.3) is 0 Å². The number of aryl methyl sites for hydroxylation is 1. The highest BCUT2D eigenvalue weighted by atomic mass is 35.5. The molecule has 120 valence electrons. The van der Waals surface area contributed by atoms with Gasteiger partial charge in [0.1, 0.15) is 0 Å². The Labute approximate surface area is 134 Å². The number of halogens is 1. The van der Waals surface area contributed by atoms with E-state index in [1.165, 1.54) is 44.2 Å². The molecule has 0 aromatic carbocycles. The zero-order valence-electron chi connectivity index (χ0n) is 13.6. The first-order valence-electron chi connectivity index (χ1n) is 8.69. The zero-order chi connectivity index (χ0) is 15.1. The molecule has 1 aliphatic rings. The van der Waals surface area contributed by atoms with Crippen molar-refractivity contribution in [2.24, 2.45) is 5.92 Å². The summed E-state index contributed by atoms with van der Waals surface area (Å²) in [5.41, 5.74) is 1.30. The normalized spacial score (nSPS) is 23.2. The van der Waals surface area contributed by atoms with E-state index in [-0.39, 0.29) is 0 Å². The molecule has 0 saturated heterocycles. The SMILES string of the molecule is CCCNCC1CCCCCC1c1c(Cl)cnn1CCC. The van der Waals surface area contributed by atoms with Crippen LogP contribution in [0, 0.1) is 5.92 Å². The Morgan fingerprint density at radius 3 is 2.81 bits per heavy atom. The van der Waals surface area contributed by atoms with E-state index >= 15 is 0 Å².